The zero-order chi connectivity index (χ0) is 28.5. The lowest BCUT2D eigenvalue weighted by molar-refractivity contribution is 0.0478. The second kappa shape index (κ2) is 14.4. The van der Waals surface area contributed by atoms with Gasteiger partial charge in [0.2, 0.25) is 0 Å². The molecule has 1 fully saturated rings. The van der Waals surface area contributed by atoms with Crippen LogP contribution in [0.5, 0.6) is 5.75 Å². The van der Waals surface area contributed by atoms with E-state index in [1.165, 1.54) is 19.2 Å². The minimum atomic E-state index is -0.913. The summed E-state index contributed by atoms with van der Waals surface area (Å²) in [5.41, 5.74) is 1.97. The highest BCUT2D eigenvalue weighted by molar-refractivity contribution is 5.95. The van der Waals surface area contributed by atoms with Gasteiger partial charge in [-0.05, 0) is 67.6 Å². The first-order valence-corrected chi connectivity index (χ1v) is 13.6. The second-order valence-electron chi connectivity index (χ2n) is 10.0. The molecule has 40 heavy (non-hydrogen) atoms. The molecule has 3 N–H and O–H groups in total. The van der Waals surface area contributed by atoms with E-state index in [-0.39, 0.29) is 30.7 Å². The van der Waals surface area contributed by atoms with E-state index in [1.807, 2.05) is 7.05 Å². The molecule has 4 rings (SSSR count). The third-order valence-corrected chi connectivity index (χ3v) is 7.22. The van der Waals surface area contributed by atoms with Crippen molar-refractivity contribution >= 4 is 12.0 Å². The molecule has 218 valence electrons. The van der Waals surface area contributed by atoms with Gasteiger partial charge in [0.05, 0.1) is 20.3 Å². The van der Waals surface area contributed by atoms with Crippen LogP contribution in [0.4, 0.5) is 13.6 Å². The number of amides is 2. The zero-order valence-corrected chi connectivity index (χ0v) is 22.9. The Labute approximate surface area is 232 Å². The van der Waals surface area contributed by atoms with Crippen molar-refractivity contribution in [2.75, 3.05) is 53.7 Å². The van der Waals surface area contributed by atoms with Crippen LogP contribution in [0.3, 0.4) is 0 Å². The predicted octanol–water partition coefficient (Wildman–Crippen LogP) is 3.50. The molecule has 2 amide bonds. The number of benzene rings is 2. The molecule has 0 spiro atoms. The summed E-state index contributed by atoms with van der Waals surface area (Å²) >= 11 is 0. The Hall–Kier alpha value is -3.28. The number of alkyl carbamates (subject to hydrolysis) is 1. The average molecular weight is 562 g/mol. The summed E-state index contributed by atoms with van der Waals surface area (Å²) in [6.07, 6.45) is 2.05. The highest BCUT2D eigenvalue weighted by Crippen LogP contribution is 2.38. The molecule has 2 unspecified atom stereocenters. The fraction of sp³-hybridized carbons (Fsp3) is 0.517. The van der Waals surface area contributed by atoms with Crippen molar-refractivity contribution in [1.29, 1.82) is 0 Å². The lowest BCUT2D eigenvalue weighted by Gasteiger charge is -2.26. The number of carbonyl (C=O) groups excluding carboxylic acids is 2. The molecular formula is C29H37F2N3O6. The van der Waals surface area contributed by atoms with E-state index in [1.54, 1.807) is 12.1 Å². The van der Waals surface area contributed by atoms with Crippen LogP contribution < -0.4 is 20.7 Å². The largest absolute Gasteiger partial charge is 0.493 e. The van der Waals surface area contributed by atoms with E-state index in [0.717, 1.165) is 44.1 Å². The van der Waals surface area contributed by atoms with Gasteiger partial charge in [-0.25, -0.2) is 13.6 Å². The van der Waals surface area contributed by atoms with Gasteiger partial charge < -0.3 is 34.9 Å². The van der Waals surface area contributed by atoms with Crippen molar-refractivity contribution in [1.82, 2.24) is 16.0 Å². The number of carbonyl (C=O) groups is 2. The molecule has 3 atom stereocenters. The van der Waals surface area contributed by atoms with Gasteiger partial charge in [-0.2, -0.15) is 0 Å². The smallest absolute Gasteiger partial charge is 0.406 e. The normalized spacial score (nSPS) is 17.9. The van der Waals surface area contributed by atoms with Crippen LogP contribution in [0.15, 0.2) is 30.3 Å². The SMILES string of the molecule is CNC(CNC(=O)c1cc2c(c(C(OCCNC(=O)OC)c3cc(F)cc(F)c3)c1)CCO2)C[C@H]1CCCOC1. The van der Waals surface area contributed by atoms with E-state index in [9.17, 15) is 18.4 Å². The molecule has 0 aromatic heterocycles. The highest BCUT2D eigenvalue weighted by Gasteiger charge is 2.28. The summed E-state index contributed by atoms with van der Waals surface area (Å²) in [6.45, 7) is 2.50. The molecule has 9 nitrogen and oxygen atoms in total. The Kier molecular flexibility index (Phi) is 10.7. The van der Waals surface area contributed by atoms with Gasteiger partial charge in [0.15, 0.2) is 0 Å². The van der Waals surface area contributed by atoms with Crippen molar-refractivity contribution in [3.8, 4) is 5.75 Å². The van der Waals surface area contributed by atoms with Crippen molar-refractivity contribution in [2.45, 2.75) is 37.8 Å². The molecule has 2 aromatic rings. The third kappa shape index (κ3) is 7.89. The Balaban J connectivity index is 1.55. The first-order valence-electron chi connectivity index (χ1n) is 13.6. The van der Waals surface area contributed by atoms with E-state index >= 15 is 0 Å². The number of ether oxygens (including phenoxy) is 4. The van der Waals surface area contributed by atoms with Gasteiger partial charge in [-0.1, -0.05) is 0 Å². The average Bonchev–Trinajstić information content (AvgIpc) is 3.43. The number of halogens is 2. The minimum absolute atomic E-state index is 0.0265. The summed E-state index contributed by atoms with van der Waals surface area (Å²) < 4.78 is 50.5. The quantitative estimate of drug-likeness (QED) is 0.341. The number of nitrogens with one attached hydrogen (secondary N) is 3. The van der Waals surface area contributed by atoms with Crippen molar-refractivity contribution in [2.24, 2.45) is 5.92 Å². The molecule has 1 saturated heterocycles. The van der Waals surface area contributed by atoms with Crippen LogP contribution in [0, 0.1) is 17.6 Å². The minimum Gasteiger partial charge on any atom is -0.493 e. The zero-order valence-electron chi connectivity index (χ0n) is 22.9. The lowest BCUT2D eigenvalue weighted by Crippen LogP contribution is -2.41. The van der Waals surface area contributed by atoms with Gasteiger partial charge in [0.25, 0.3) is 5.91 Å². The van der Waals surface area contributed by atoms with E-state index in [2.05, 4.69) is 20.7 Å². The van der Waals surface area contributed by atoms with Gasteiger partial charge in [-0.3, -0.25) is 4.79 Å². The van der Waals surface area contributed by atoms with Gasteiger partial charge in [0, 0.05) is 56.0 Å². The maximum absolute atomic E-state index is 14.2. The highest BCUT2D eigenvalue weighted by atomic mass is 19.1. The maximum Gasteiger partial charge on any atom is 0.406 e. The Morgan fingerprint density at radius 2 is 1.90 bits per heavy atom. The lowest BCUT2D eigenvalue weighted by atomic mass is 9.92. The Morgan fingerprint density at radius 3 is 2.60 bits per heavy atom. The Morgan fingerprint density at radius 1 is 1.10 bits per heavy atom. The fourth-order valence-electron chi connectivity index (χ4n) is 5.20. The van der Waals surface area contributed by atoms with Crippen LogP contribution in [-0.2, 0) is 20.6 Å². The molecule has 0 saturated carbocycles. The molecule has 2 aromatic carbocycles. The molecular weight excluding hydrogens is 524 g/mol. The van der Waals surface area contributed by atoms with Crippen LogP contribution in [0.25, 0.3) is 0 Å². The van der Waals surface area contributed by atoms with Crippen molar-refractivity contribution < 1.29 is 37.3 Å². The molecule has 0 bridgehead atoms. The van der Waals surface area contributed by atoms with Crippen LogP contribution in [0.1, 0.15) is 52.4 Å². The van der Waals surface area contributed by atoms with Crippen molar-refractivity contribution in [3.63, 3.8) is 0 Å². The first-order chi connectivity index (χ1) is 19.4. The number of fused-ring (bicyclic) bond motifs is 1. The third-order valence-electron chi connectivity index (χ3n) is 7.22. The summed E-state index contributed by atoms with van der Waals surface area (Å²) in [6, 6.07) is 6.63. The molecule has 0 aliphatic carbocycles. The van der Waals surface area contributed by atoms with E-state index in [4.69, 9.17) is 14.2 Å². The first kappa shape index (κ1) is 29.7. The van der Waals surface area contributed by atoms with Crippen molar-refractivity contribution in [3.05, 3.63) is 64.2 Å². The fourth-order valence-corrected chi connectivity index (χ4v) is 5.20. The maximum atomic E-state index is 14.2. The summed E-state index contributed by atoms with van der Waals surface area (Å²) in [7, 11) is 3.12. The monoisotopic (exact) mass is 561 g/mol. The van der Waals surface area contributed by atoms with Gasteiger partial charge in [0.1, 0.15) is 23.5 Å². The van der Waals surface area contributed by atoms with E-state index < -0.39 is 23.8 Å². The van der Waals surface area contributed by atoms with Gasteiger partial charge in [-0.15, -0.1) is 0 Å². The Bertz CT molecular complexity index is 1150. The summed E-state index contributed by atoms with van der Waals surface area (Å²) in [5, 5.41) is 8.80. The molecule has 0 radical (unpaired) electrons. The number of rotatable bonds is 12. The molecule has 2 aliphatic heterocycles. The standard InChI is InChI=1S/C29H37F2N3O6/c1-32-23(10-18-4-3-7-38-17-18)16-34-28(35)20-13-25(24-5-8-39-26(24)14-20)27(40-9-6-33-29(36)37-2)19-11-21(30)15-22(31)12-19/h11-15,18,23,27,32H,3-10,16-17H2,1-2H3,(H,33,36)(H,34,35)/t18-,23?,27?/m1/s1. The molecule has 2 aliphatic rings. The molecule has 11 heteroatoms. The number of hydrogen-bond donors (Lipinski definition) is 3. The predicted molar refractivity (Wildman–Crippen MR) is 144 cm³/mol. The number of methoxy groups -OCH3 is 1. The van der Waals surface area contributed by atoms with Crippen LogP contribution in [-0.4, -0.2) is 71.7 Å². The number of likely N-dealkylation sites (N-methyl/N-ethyl adjacent to an activating group) is 1. The summed E-state index contributed by atoms with van der Waals surface area (Å²) in [5.74, 6) is -0.818. The topological polar surface area (TPSA) is 107 Å². The molecule has 2 heterocycles. The van der Waals surface area contributed by atoms with Gasteiger partial charge >= 0.3 is 6.09 Å². The number of hydrogen-bond acceptors (Lipinski definition) is 7. The summed E-state index contributed by atoms with van der Waals surface area (Å²) in [4.78, 5) is 24.7. The van der Waals surface area contributed by atoms with E-state index in [0.29, 0.717) is 42.4 Å². The second-order valence-corrected chi connectivity index (χ2v) is 10.0. The van der Waals surface area contributed by atoms with Crippen LogP contribution in [0.2, 0.25) is 0 Å². The van der Waals surface area contributed by atoms with Crippen LogP contribution >= 0.6 is 0 Å².